The summed E-state index contributed by atoms with van der Waals surface area (Å²) in [6.45, 7) is 0.539. The molecule has 0 saturated heterocycles. The number of rotatable bonds is 6. The Hall–Kier alpha value is -2.55. The van der Waals surface area contributed by atoms with Gasteiger partial charge in [0.2, 0.25) is 0 Å². The Morgan fingerprint density at radius 3 is 2.16 bits per heavy atom. The molecule has 2 rings (SSSR count). The van der Waals surface area contributed by atoms with E-state index < -0.39 is 0 Å². The Labute approximate surface area is 155 Å². The van der Waals surface area contributed by atoms with Gasteiger partial charge < -0.3 is 10.6 Å². The second-order valence-electron chi connectivity index (χ2n) is 5.18. The first kappa shape index (κ1) is 18.8. The quantitative estimate of drug-likeness (QED) is 0.760. The van der Waals surface area contributed by atoms with Crippen molar-refractivity contribution in [2.45, 2.75) is 6.42 Å². The minimum absolute atomic E-state index is 0.251. The molecule has 2 aromatic carbocycles. The van der Waals surface area contributed by atoms with Crippen molar-refractivity contribution in [1.29, 1.82) is 5.26 Å². The van der Waals surface area contributed by atoms with Crippen LogP contribution in [0.4, 0.5) is 0 Å². The van der Waals surface area contributed by atoms with E-state index in [9.17, 15) is 9.59 Å². The Bertz CT molecular complexity index is 831. The molecule has 0 heterocycles. The van der Waals surface area contributed by atoms with Gasteiger partial charge in [-0.25, -0.2) is 0 Å². The monoisotopic (exact) mass is 375 g/mol. The highest BCUT2D eigenvalue weighted by atomic mass is 35.5. The zero-order valence-electron chi connectivity index (χ0n) is 13.2. The second-order valence-corrected chi connectivity index (χ2v) is 5.99. The number of halogens is 2. The first-order valence-electron chi connectivity index (χ1n) is 7.48. The molecule has 0 radical (unpaired) electrons. The number of nitriles is 1. The van der Waals surface area contributed by atoms with Gasteiger partial charge in [-0.2, -0.15) is 5.26 Å². The van der Waals surface area contributed by atoms with E-state index in [1.807, 2.05) is 6.07 Å². The highest BCUT2D eigenvalue weighted by Crippen LogP contribution is 2.22. The van der Waals surface area contributed by atoms with Gasteiger partial charge in [-0.3, -0.25) is 9.59 Å². The number of carbonyl (C=O) groups is 2. The number of hydrogen-bond donors (Lipinski definition) is 2. The van der Waals surface area contributed by atoms with Gasteiger partial charge in [0.1, 0.15) is 0 Å². The van der Waals surface area contributed by atoms with E-state index in [1.165, 1.54) is 6.07 Å². The first-order valence-corrected chi connectivity index (χ1v) is 8.24. The molecule has 2 N–H and O–H groups in total. The molecule has 0 aliphatic rings. The molecule has 0 aliphatic carbocycles. The van der Waals surface area contributed by atoms with Crippen LogP contribution in [0.25, 0.3) is 0 Å². The van der Waals surface area contributed by atoms with Crippen molar-refractivity contribution < 1.29 is 9.59 Å². The summed E-state index contributed by atoms with van der Waals surface area (Å²) in [6, 6.07) is 13.5. The van der Waals surface area contributed by atoms with Crippen molar-refractivity contribution in [1.82, 2.24) is 10.6 Å². The molecule has 0 bridgehead atoms. The third kappa shape index (κ3) is 5.49. The number of hydrogen-bond acceptors (Lipinski definition) is 3. The van der Waals surface area contributed by atoms with Gasteiger partial charge in [0.25, 0.3) is 11.8 Å². The molecule has 0 fully saturated rings. The van der Waals surface area contributed by atoms with Gasteiger partial charge >= 0.3 is 0 Å². The van der Waals surface area contributed by atoms with Gasteiger partial charge in [0.05, 0.1) is 22.5 Å². The molecule has 5 nitrogen and oxygen atoms in total. The fourth-order valence-electron chi connectivity index (χ4n) is 2.11. The summed E-state index contributed by atoms with van der Waals surface area (Å²) in [5.74, 6) is -0.563. The lowest BCUT2D eigenvalue weighted by Crippen LogP contribution is -2.34. The van der Waals surface area contributed by atoms with E-state index in [-0.39, 0.29) is 31.3 Å². The van der Waals surface area contributed by atoms with Crippen LogP contribution in [0.1, 0.15) is 26.3 Å². The lowest BCUT2D eigenvalue weighted by atomic mass is 10.1. The van der Waals surface area contributed by atoms with Crippen molar-refractivity contribution >= 4 is 35.0 Å². The molecule has 0 aromatic heterocycles. The third-order valence-corrected chi connectivity index (χ3v) is 4.09. The third-order valence-electron chi connectivity index (χ3n) is 3.35. The van der Waals surface area contributed by atoms with Gasteiger partial charge in [-0.05, 0) is 35.9 Å². The molecule has 0 atom stereocenters. The Kier molecular flexibility index (Phi) is 6.81. The molecule has 0 spiro atoms. The van der Waals surface area contributed by atoms with Crippen LogP contribution in [0.15, 0.2) is 42.5 Å². The predicted octanol–water partition coefficient (Wildman–Crippen LogP) is 3.22. The second kappa shape index (κ2) is 9.07. The van der Waals surface area contributed by atoms with Crippen molar-refractivity contribution in [3.8, 4) is 6.07 Å². The van der Waals surface area contributed by atoms with Crippen LogP contribution in [0.2, 0.25) is 10.0 Å². The Balaban J connectivity index is 1.81. The van der Waals surface area contributed by atoms with Crippen molar-refractivity contribution in [3.63, 3.8) is 0 Å². The predicted molar refractivity (Wildman–Crippen MR) is 96.9 cm³/mol. The number of amides is 2. The van der Waals surface area contributed by atoms with E-state index in [0.29, 0.717) is 21.2 Å². The zero-order chi connectivity index (χ0) is 18.2. The van der Waals surface area contributed by atoms with Crippen LogP contribution in [-0.2, 0) is 6.42 Å². The van der Waals surface area contributed by atoms with E-state index in [0.717, 1.165) is 5.56 Å². The van der Waals surface area contributed by atoms with E-state index in [4.69, 9.17) is 28.5 Å². The maximum absolute atomic E-state index is 12.1. The molecule has 7 heteroatoms. The molecular weight excluding hydrogens is 361 g/mol. The molecular formula is C18H15Cl2N3O2. The van der Waals surface area contributed by atoms with Crippen LogP contribution < -0.4 is 10.6 Å². The number of nitrogens with zero attached hydrogens (tertiary/aromatic N) is 1. The SMILES string of the molecule is N#CCc1cccc(C(=O)NCCNC(=O)c2ccc(Cl)c(Cl)c2)c1. The van der Waals surface area contributed by atoms with Crippen LogP contribution in [0, 0.1) is 11.3 Å². The average molecular weight is 376 g/mol. The van der Waals surface area contributed by atoms with E-state index >= 15 is 0 Å². The fourth-order valence-corrected chi connectivity index (χ4v) is 2.41. The smallest absolute Gasteiger partial charge is 0.251 e. The maximum Gasteiger partial charge on any atom is 0.251 e. The van der Waals surface area contributed by atoms with Gasteiger partial charge in [0, 0.05) is 24.2 Å². The summed E-state index contributed by atoms with van der Waals surface area (Å²) in [6.07, 6.45) is 0.251. The highest BCUT2D eigenvalue weighted by molar-refractivity contribution is 6.42. The van der Waals surface area contributed by atoms with Crippen LogP contribution in [0.5, 0.6) is 0 Å². The summed E-state index contributed by atoms with van der Waals surface area (Å²) in [5.41, 5.74) is 1.65. The largest absolute Gasteiger partial charge is 0.350 e. The summed E-state index contributed by atoms with van der Waals surface area (Å²) in [7, 11) is 0. The van der Waals surface area contributed by atoms with E-state index in [1.54, 1.807) is 36.4 Å². The van der Waals surface area contributed by atoms with Crippen LogP contribution in [-0.4, -0.2) is 24.9 Å². The van der Waals surface area contributed by atoms with Crippen LogP contribution >= 0.6 is 23.2 Å². The van der Waals surface area contributed by atoms with Gasteiger partial charge in [-0.15, -0.1) is 0 Å². The Morgan fingerprint density at radius 1 is 0.920 bits per heavy atom. The molecule has 0 aliphatic heterocycles. The van der Waals surface area contributed by atoms with Crippen molar-refractivity contribution in [2.75, 3.05) is 13.1 Å². The fraction of sp³-hybridized carbons (Fsp3) is 0.167. The molecule has 128 valence electrons. The summed E-state index contributed by atoms with van der Waals surface area (Å²) >= 11 is 11.7. The Morgan fingerprint density at radius 2 is 1.56 bits per heavy atom. The maximum atomic E-state index is 12.1. The summed E-state index contributed by atoms with van der Waals surface area (Å²) in [5, 5.41) is 14.8. The standard InChI is InChI=1S/C18H15Cl2N3O2/c19-15-5-4-14(11-16(15)20)18(25)23-9-8-22-17(24)13-3-1-2-12(10-13)6-7-21/h1-5,10-11H,6,8-9H2,(H,22,24)(H,23,25). The molecule has 0 unspecified atom stereocenters. The number of benzene rings is 2. The lowest BCUT2D eigenvalue weighted by Gasteiger charge is -2.08. The zero-order valence-corrected chi connectivity index (χ0v) is 14.7. The molecule has 2 aromatic rings. The number of nitrogens with one attached hydrogen (secondary N) is 2. The number of carbonyl (C=O) groups excluding carboxylic acids is 2. The summed E-state index contributed by atoms with van der Waals surface area (Å²) < 4.78 is 0. The average Bonchev–Trinajstić information content (AvgIpc) is 2.61. The topological polar surface area (TPSA) is 82.0 Å². The van der Waals surface area contributed by atoms with E-state index in [2.05, 4.69) is 10.6 Å². The molecule has 0 saturated carbocycles. The first-order chi connectivity index (χ1) is 12.0. The van der Waals surface area contributed by atoms with Crippen molar-refractivity contribution in [2.24, 2.45) is 0 Å². The highest BCUT2D eigenvalue weighted by Gasteiger charge is 2.09. The van der Waals surface area contributed by atoms with Gasteiger partial charge in [-0.1, -0.05) is 35.3 Å². The van der Waals surface area contributed by atoms with Gasteiger partial charge in [0.15, 0.2) is 0 Å². The molecule has 2 amide bonds. The lowest BCUT2D eigenvalue weighted by molar-refractivity contribution is 0.0927. The molecule has 25 heavy (non-hydrogen) atoms. The van der Waals surface area contributed by atoms with Crippen molar-refractivity contribution in [3.05, 3.63) is 69.2 Å². The minimum atomic E-state index is -0.302. The van der Waals surface area contributed by atoms with Crippen LogP contribution in [0.3, 0.4) is 0 Å². The minimum Gasteiger partial charge on any atom is -0.350 e. The normalized spacial score (nSPS) is 9.96. The summed E-state index contributed by atoms with van der Waals surface area (Å²) in [4.78, 5) is 24.0.